The fourth-order valence-corrected chi connectivity index (χ4v) is 2.52. The molecule has 0 unspecified atom stereocenters. The minimum atomic E-state index is -0.110. The minimum absolute atomic E-state index is 0.110. The van der Waals surface area contributed by atoms with Crippen molar-refractivity contribution in [2.45, 2.75) is 0 Å². The Morgan fingerprint density at radius 3 is 2.79 bits per heavy atom. The van der Waals surface area contributed by atoms with Gasteiger partial charge in [0, 0.05) is 5.56 Å². The highest BCUT2D eigenvalue weighted by Gasteiger charge is 2.09. The van der Waals surface area contributed by atoms with E-state index in [0.717, 1.165) is 5.56 Å². The molecular formula is C16H13ClN4O2S. The number of aromatic hydroxyl groups is 1. The number of phenols is 1. The summed E-state index contributed by atoms with van der Waals surface area (Å²) in [7, 11) is 1.45. The van der Waals surface area contributed by atoms with Crippen LogP contribution in [0.25, 0.3) is 11.4 Å². The molecule has 2 aromatic carbocycles. The lowest BCUT2D eigenvalue weighted by Crippen LogP contribution is -1.95. The van der Waals surface area contributed by atoms with Crippen LogP contribution in [-0.2, 0) is 0 Å². The van der Waals surface area contributed by atoms with Crippen LogP contribution >= 0.6 is 23.8 Å². The second kappa shape index (κ2) is 6.86. The third-order valence-electron chi connectivity index (χ3n) is 3.28. The topological polar surface area (TPSA) is 75.4 Å². The van der Waals surface area contributed by atoms with Crippen LogP contribution in [0.5, 0.6) is 11.5 Å². The van der Waals surface area contributed by atoms with Gasteiger partial charge in [-0.15, -0.1) is 0 Å². The summed E-state index contributed by atoms with van der Waals surface area (Å²) in [5.41, 5.74) is 1.53. The van der Waals surface area contributed by atoms with Crippen LogP contribution in [-0.4, -0.2) is 33.3 Å². The number of phenolic OH excluding ortho intramolecular Hbond substituents is 1. The Morgan fingerprint density at radius 2 is 2.08 bits per heavy atom. The van der Waals surface area contributed by atoms with Gasteiger partial charge in [0.25, 0.3) is 0 Å². The smallest absolute Gasteiger partial charge is 0.216 e. The van der Waals surface area contributed by atoms with Crippen molar-refractivity contribution in [2.24, 2.45) is 5.10 Å². The van der Waals surface area contributed by atoms with E-state index in [-0.39, 0.29) is 16.5 Å². The molecule has 2 N–H and O–H groups in total. The molecule has 1 heterocycles. The molecule has 6 nitrogen and oxygen atoms in total. The molecule has 0 saturated heterocycles. The molecule has 3 aromatic rings. The third-order valence-corrected chi connectivity index (χ3v) is 3.83. The monoisotopic (exact) mass is 360 g/mol. The number of rotatable bonds is 4. The Bertz CT molecular complexity index is 950. The van der Waals surface area contributed by atoms with Gasteiger partial charge in [0.1, 0.15) is 0 Å². The highest BCUT2D eigenvalue weighted by molar-refractivity contribution is 7.71. The van der Waals surface area contributed by atoms with Gasteiger partial charge >= 0.3 is 0 Å². The van der Waals surface area contributed by atoms with E-state index in [1.807, 2.05) is 30.3 Å². The lowest BCUT2D eigenvalue weighted by atomic mass is 10.2. The quantitative estimate of drug-likeness (QED) is 0.547. The van der Waals surface area contributed by atoms with Gasteiger partial charge < -0.3 is 9.84 Å². The molecule has 0 aliphatic rings. The lowest BCUT2D eigenvalue weighted by molar-refractivity contribution is 0.373. The highest BCUT2D eigenvalue weighted by Crippen LogP contribution is 2.34. The number of benzene rings is 2. The number of aromatic nitrogens is 3. The Hall–Kier alpha value is -2.64. The molecule has 0 amide bonds. The molecular weight excluding hydrogens is 348 g/mol. The molecule has 0 aliphatic heterocycles. The van der Waals surface area contributed by atoms with Gasteiger partial charge in [-0.2, -0.15) is 14.9 Å². The van der Waals surface area contributed by atoms with E-state index in [2.05, 4.69) is 15.3 Å². The van der Waals surface area contributed by atoms with E-state index in [4.69, 9.17) is 28.6 Å². The first-order valence-electron chi connectivity index (χ1n) is 6.94. The number of hydrogen-bond donors (Lipinski definition) is 2. The average Bonchev–Trinajstić information content (AvgIpc) is 2.97. The van der Waals surface area contributed by atoms with Crippen LogP contribution in [0.3, 0.4) is 0 Å². The minimum Gasteiger partial charge on any atom is -0.503 e. The number of ether oxygens (including phenoxy) is 1. The number of nitrogens with zero attached hydrogens (tertiary/aromatic N) is 3. The zero-order valence-electron chi connectivity index (χ0n) is 12.6. The molecule has 0 atom stereocenters. The predicted molar refractivity (Wildman–Crippen MR) is 95.5 cm³/mol. The van der Waals surface area contributed by atoms with E-state index in [1.54, 1.807) is 18.3 Å². The Labute approximate surface area is 148 Å². The van der Waals surface area contributed by atoms with Crippen molar-refractivity contribution in [2.75, 3.05) is 7.11 Å². The van der Waals surface area contributed by atoms with Crippen molar-refractivity contribution >= 4 is 30.0 Å². The van der Waals surface area contributed by atoms with E-state index in [0.29, 0.717) is 16.2 Å². The largest absolute Gasteiger partial charge is 0.503 e. The van der Waals surface area contributed by atoms with Crippen LogP contribution < -0.4 is 4.74 Å². The number of H-pyrrole nitrogens is 1. The van der Waals surface area contributed by atoms with Crippen molar-refractivity contribution in [3.8, 4) is 22.9 Å². The molecule has 1 aromatic heterocycles. The van der Waals surface area contributed by atoms with Crippen molar-refractivity contribution < 1.29 is 9.84 Å². The van der Waals surface area contributed by atoms with Crippen LogP contribution in [0.15, 0.2) is 47.6 Å². The Kier molecular flexibility index (Phi) is 4.64. The van der Waals surface area contributed by atoms with Crippen LogP contribution in [0.1, 0.15) is 5.56 Å². The standard InChI is InChI=1S/C16H13ClN4O2S/c1-23-13-8-10(7-12(17)14(13)22)9-18-21-15(19-20-16(21)24)11-5-3-2-4-6-11/h2-9,22H,1H3,(H,20,24)/b18-9+. The third kappa shape index (κ3) is 3.17. The summed E-state index contributed by atoms with van der Waals surface area (Å²) < 4.78 is 6.95. The van der Waals surface area contributed by atoms with E-state index >= 15 is 0 Å². The average molecular weight is 361 g/mol. The molecule has 0 spiro atoms. The fraction of sp³-hybridized carbons (Fsp3) is 0.0625. The maximum atomic E-state index is 9.77. The summed E-state index contributed by atoms with van der Waals surface area (Å²) in [6, 6.07) is 12.8. The molecule has 24 heavy (non-hydrogen) atoms. The van der Waals surface area contributed by atoms with Crippen LogP contribution in [0, 0.1) is 4.77 Å². The van der Waals surface area contributed by atoms with Crippen molar-refractivity contribution in [3.05, 3.63) is 57.8 Å². The van der Waals surface area contributed by atoms with Gasteiger partial charge in [-0.1, -0.05) is 41.9 Å². The van der Waals surface area contributed by atoms with E-state index < -0.39 is 0 Å². The predicted octanol–water partition coefficient (Wildman–Crippen LogP) is 3.86. The number of methoxy groups -OCH3 is 1. The van der Waals surface area contributed by atoms with Gasteiger partial charge in [0.2, 0.25) is 4.77 Å². The Balaban J connectivity index is 2.01. The second-order valence-electron chi connectivity index (χ2n) is 4.83. The first-order chi connectivity index (χ1) is 11.6. The SMILES string of the molecule is COc1cc(/C=N/n2c(-c3ccccc3)n[nH]c2=S)cc(Cl)c1O. The van der Waals surface area contributed by atoms with Crippen LogP contribution in [0.2, 0.25) is 5.02 Å². The normalized spacial score (nSPS) is 11.1. The molecule has 0 saturated carbocycles. The molecule has 122 valence electrons. The molecule has 0 bridgehead atoms. The molecule has 8 heteroatoms. The second-order valence-corrected chi connectivity index (χ2v) is 5.62. The first kappa shape index (κ1) is 16.2. The molecule has 0 aliphatic carbocycles. The molecule has 0 radical (unpaired) electrons. The Morgan fingerprint density at radius 1 is 1.33 bits per heavy atom. The van der Waals surface area contributed by atoms with Gasteiger partial charge in [-0.3, -0.25) is 0 Å². The number of nitrogens with one attached hydrogen (secondary N) is 1. The number of hydrogen-bond acceptors (Lipinski definition) is 5. The van der Waals surface area contributed by atoms with Crippen LogP contribution in [0.4, 0.5) is 0 Å². The summed E-state index contributed by atoms with van der Waals surface area (Å²) in [4.78, 5) is 0. The molecule has 3 rings (SSSR count). The van der Waals surface area contributed by atoms with Crippen molar-refractivity contribution in [3.63, 3.8) is 0 Å². The highest BCUT2D eigenvalue weighted by atomic mass is 35.5. The summed E-state index contributed by atoms with van der Waals surface area (Å²) in [6.07, 6.45) is 1.56. The zero-order chi connectivity index (χ0) is 17.1. The maximum absolute atomic E-state index is 9.77. The van der Waals surface area contributed by atoms with Gasteiger partial charge in [-0.25, -0.2) is 5.10 Å². The summed E-state index contributed by atoms with van der Waals surface area (Å²) in [6.45, 7) is 0. The van der Waals surface area contributed by atoms with Crippen molar-refractivity contribution in [1.29, 1.82) is 0 Å². The zero-order valence-corrected chi connectivity index (χ0v) is 14.2. The summed E-state index contributed by atoms with van der Waals surface area (Å²) in [5.74, 6) is 0.748. The van der Waals surface area contributed by atoms with Gasteiger partial charge in [0.05, 0.1) is 18.3 Å². The molecule has 0 fully saturated rings. The number of halogens is 1. The summed E-state index contributed by atoms with van der Waals surface area (Å²) in [5, 5.41) is 21.2. The first-order valence-corrected chi connectivity index (χ1v) is 7.72. The maximum Gasteiger partial charge on any atom is 0.216 e. The van der Waals surface area contributed by atoms with Gasteiger partial charge in [-0.05, 0) is 29.9 Å². The lowest BCUT2D eigenvalue weighted by Gasteiger charge is -2.06. The van der Waals surface area contributed by atoms with Crippen molar-refractivity contribution in [1.82, 2.24) is 14.9 Å². The number of aromatic amines is 1. The van der Waals surface area contributed by atoms with Gasteiger partial charge in [0.15, 0.2) is 17.3 Å². The summed E-state index contributed by atoms with van der Waals surface area (Å²) >= 11 is 11.2. The van der Waals surface area contributed by atoms with E-state index in [9.17, 15) is 5.11 Å². The van der Waals surface area contributed by atoms with E-state index in [1.165, 1.54) is 11.8 Å². The fourth-order valence-electron chi connectivity index (χ4n) is 2.12.